The number of benzene rings is 1. The number of methoxy groups -OCH3 is 1. The number of Topliss-reactive ketones (excluding diaryl/α,β-unsaturated/α-hetero) is 1. The van der Waals surface area contributed by atoms with Crippen LogP contribution in [0.25, 0.3) is 0 Å². The van der Waals surface area contributed by atoms with Crippen LogP contribution in [0.5, 0.6) is 5.75 Å². The Morgan fingerprint density at radius 2 is 2.09 bits per heavy atom. The second-order valence-corrected chi connectivity index (χ2v) is 9.96. The number of nitrogens with one attached hydrogen (secondary N) is 1. The summed E-state index contributed by atoms with van der Waals surface area (Å²) in [6.07, 6.45) is 2.93. The molecule has 0 unspecified atom stereocenters. The molecule has 3 aliphatic rings. The van der Waals surface area contributed by atoms with Gasteiger partial charge in [0.05, 0.1) is 23.8 Å². The molecule has 1 aliphatic carbocycles. The van der Waals surface area contributed by atoms with Crippen LogP contribution in [-0.2, 0) is 19.1 Å². The van der Waals surface area contributed by atoms with Gasteiger partial charge in [-0.25, -0.2) is 4.79 Å². The van der Waals surface area contributed by atoms with Crippen molar-refractivity contribution in [1.29, 1.82) is 0 Å². The molecule has 0 spiro atoms. The van der Waals surface area contributed by atoms with Gasteiger partial charge in [-0.05, 0) is 49.3 Å². The van der Waals surface area contributed by atoms with Crippen molar-refractivity contribution in [3.63, 3.8) is 0 Å². The summed E-state index contributed by atoms with van der Waals surface area (Å²) in [5, 5.41) is 3.78. The highest BCUT2D eigenvalue weighted by atomic mass is 35.5. The Balaban J connectivity index is 1.74. The third kappa shape index (κ3) is 4.44. The van der Waals surface area contributed by atoms with Crippen molar-refractivity contribution in [2.45, 2.75) is 58.5 Å². The molecule has 7 heteroatoms. The lowest BCUT2D eigenvalue weighted by Crippen LogP contribution is -2.39. The van der Waals surface area contributed by atoms with Crippen molar-refractivity contribution in [2.24, 2.45) is 5.41 Å². The van der Waals surface area contributed by atoms with Crippen molar-refractivity contribution in [1.82, 2.24) is 5.32 Å². The first-order valence-corrected chi connectivity index (χ1v) is 11.4. The van der Waals surface area contributed by atoms with Gasteiger partial charge in [0.25, 0.3) is 0 Å². The van der Waals surface area contributed by atoms with Crippen molar-refractivity contribution in [3.8, 4) is 5.75 Å². The van der Waals surface area contributed by atoms with Crippen LogP contribution in [0.1, 0.15) is 57.9 Å². The smallest absolute Gasteiger partial charge is 0.336 e. The average Bonchev–Trinajstić information content (AvgIpc) is 3.23. The Morgan fingerprint density at radius 3 is 2.75 bits per heavy atom. The molecule has 6 nitrogen and oxygen atoms in total. The zero-order chi connectivity index (χ0) is 23.0. The number of ketones is 1. The Hall–Kier alpha value is -2.31. The molecule has 0 radical (unpaired) electrons. The molecule has 1 fully saturated rings. The first-order valence-electron chi connectivity index (χ1n) is 11.1. The van der Waals surface area contributed by atoms with E-state index in [2.05, 4.69) is 19.2 Å². The normalized spacial score (nSPS) is 24.8. The molecule has 0 amide bonds. The van der Waals surface area contributed by atoms with Gasteiger partial charge in [-0.2, -0.15) is 0 Å². The summed E-state index contributed by atoms with van der Waals surface area (Å²) in [6.45, 7) is 6.92. The SMILES string of the molecule is COc1ccc([C@@H]2C(C(=O)OC[C@@H]3CCCO3)=C(C)NC3=C2C(=O)CC(C)(C)C3)cc1Cl. The van der Waals surface area contributed by atoms with Crippen LogP contribution >= 0.6 is 11.6 Å². The van der Waals surface area contributed by atoms with Crippen LogP contribution in [0.4, 0.5) is 0 Å². The van der Waals surface area contributed by atoms with E-state index in [1.165, 1.54) is 0 Å². The summed E-state index contributed by atoms with van der Waals surface area (Å²) in [7, 11) is 1.55. The summed E-state index contributed by atoms with van der Waals surface area (Å²) in [5.41, 5.74) is 3.25. The molecule has 172 valence electrons. The first kappa shape index (κ1) is 22.9. The van der Waals surface area contributed by atoms with Crippen molar-refractivity contribution in [3.05, 3.63) is 51.3 Å². The summed E-state index contributed by atoms with van der Waals surface area (Å²) < 4.78 is 16.6. The van der Waals surface area contributed by atoms with E-state index in [0.29, 0.717) is 40.6 Å². The van der Waals surface area contributed by atoms with E-state index in [4.69, 9.17) is 25.8 Å². The maximum atomic E-state index is 13.3. The fourth-order valence-corrected chi connectivity index (χ4v) is 5.19. The number of hydrogen-bond acceptors (Lipinski definition) is 6. The van der Waals surface area contributed by atoms with Gasteiger partial charge in [0, 0.05) is 35.9 Å². The van der Waals surface area contributed by atoms with Gasteiger partial charge in [0.15, 0.2) is 5.78 Å². The van der Waals surface area contributed by atoms with Gasteiger partial charge in [-0.3, -0.25) is 4.79 Å². The highest BCUT2D eigenvalue weighted by molar-refractivity contribution is 6.32. The number of halogens is 1. The number of dihydropyridines is 1. The van der Waals surface area contributed by atoms with Crippen LogP contribution in [0.3, 0.4) is 0 Å². The van der Waals surface area contributed by atoms with Gasteiger partial charge >= 0.3 is 5.97 Å². The molecule has 1 aromatic rings. The molecule has 4 rings (SSSR count). The van der Waals surface area contributed by atoms with E-state index in [0.717, 1.165) is 30.5 Å². The lowest BCUT2D eigenvalue weighted by atomic mass is 9.68. The minimum atomic E-state index is -0.546. The van der Waals surface area contributed by atoms with Gasteiger partial charge in [-0.15, -0.1) is 0 Å². The van der Waals surface area contributed by atoms with Gasteiger partial charge < -0.3 is 19.5 Å². The van der Waals surface area contributed by atoms with Crippen LogP contribution in [0.2, 0.25) is 5.02 Å². The second kappa shape index (κ2) is 8.91. The third-order valence-corrected chi connectivity index (χ3v) is 6.69. The fraction of sp³-hybridized carbons (Fsp3) is 0.520. The quantitative estimate of drug-likeness (QED) is 0.645. The molecule has 2 aliphatic heterocycles. The largest absolute Gasteiger partial charge is 0.495 e. The Bertz CT molecular complexity index is 1000. The minimum Gasteiger partial charge on any atom is -0.495 e. The number of allylic oxidation sites excluding steroid dienone is 3. The summed E-state index contributed by atoms with van der Waals surface area (Å²) in [5.74, 6) is -0.405. The average molecular weight is 460 g/mol. The molecule has 0 aromatic heterocycles. The zero-order valence-corrected chi connectivity index (χ0v) is 19.8. The number of ether oxygens (including phenoxy) is 3. The third-order valence-electron chi connectivity index (χ3n) is 6.39. The van der Waals surface area contributed by atoms with Gasteiger partial charge in [0.1, 0.15) is 12.4 Å². The summed E-state index contributed by atoms with van der Waals surface area (Å²) in [4.78, 5) is 26.6. The second-order valence-electron chi connectivity index (χ2n) is 9.56. The van der Waals surface area contributed by atoms with Crippen molar-refractivity contribution in [2.75, 3.05) is 20.3 Å². The summed E-state index contributed by atoms with van der Waals surface area (Å²) >= 11 is 6.43. The topological polar surface area (TPSA) is 73.9 Å². The predicted octanol–water partition coefficient (Wildman–Crippen LogP) is 4.67. The van der Waals surface area contributed by atoms with Crippen LogP contribution in [0, 0.1) is 5.41 Å². The van der Waals surface area contributed by atoms with Gasteiger partial charge in [0.2, 0.25) is 0 Å². The van der Waals surface area contributed by atoms with Crippen molar-refractivity contribution >= 4 is 23.4 Å². The standard InChI is InChI=1S/C25H30ClNO5/c1-14-21(24(29)32-13-16-6-5-9-31-16)22(15-7-8-20(30-4)17(26)10-15)23-18(27-14)11-25(2,3)12-19(23)28/h7-8,10,16,22,27H,5-6,9,11-13H2,1-4H3/t16-,22+/m0/s1. The van der Waals surface area contributed by atoms with E-state index < -0.39 is 11.9 Å². The van der Waals surface area contributed by atoms with Gasteiger partial charge in [-0.1, -0.05) is 31.5 Å². The Morgan fingerprint density at radius 1 is 1.31 bits per heavy atom. The molecule has 1 N–H and O–H groups in total. The maximum Gasteiger partial charge on any atom is 0.336 e. The molecule has 32 heavy (non-hydrogen) atoms. The molecule has 2 atom stereocenters. The summed E-state index contributed by atoms with van der Waals surface area (Å²) in [6, 6.07) is 5.40. The molecule has 0 saturated carbocycles. The minimum absolute atomic E-state index is 0.0395. The van der Waals surface area contributed by atoms with E-state index in [-0.39, 0.29) is 23.9 Å². The molecule has 1 saturated heterocycles. The van der Waals surface area contributed by atoms with E-state index >= 15 is 0 Å². The van der Waals surface area contributed by atoms with E-state index in [1.54, 1.807) is 19.2 Å². The van der Waals surface area contributed by atoms with Crippen molar-refractivity contribution < 1.29 is 23.8 Å². The number of carbonyl (C=O) groups excluding carboxylic acids is 2. The molecular weight excluding hydrogens is 430 g/mol. The molecule has 0 bridgehead atoms. The zero-order valence-electron chi connectivity index (χ0n) is 19.0. The number of hydrogen-bond donors (Lipinski definition) is 1. The predicted molar refractivity (Wildman–Crippen MR) is 122 cm³/mol. The first-order chi connectivity index (χ1) is 15.2. The van der Waals surface area contributed by atoms with Crippen LogP contribution in [0.15, 0.2) is 40.7 Å². The van der Waals surface area contributed by atoms with Crippen LogP contribution in [-0.4, -0.2) is 38.2 Å². The molecule has 2 heterocycles. The molecule has 1 aromatic carbocycles. The highest BCUT2D eigenvalue weighted by Gasteiger charge is 2.43. The number of rotatable bonds is 5. The maximum absolute atomic E-state index is 13.3. The molecular formula is C25H30ClNO5. The number of carbonyl (C=O) groups is 2. The lowest BCUT2D eigenvalue weighted by molar-refractivity contribution is -0.142. The van der Waals surface area contributed by atoms with E-state index in [1.807, 2.05) is 13.0 Å². The van der Waals surface area contributed by atoms with Crippen LogP contribution < -0.4 is 10.1 Å². The Kier molecular flexibility index (Phi) is 6.37. The monoisotopic (exact) mass is 459 g/mol. The van der Waals surface area contributed by atoms with E-state index in [9.17, 15) is 9.59 Å². The Labute approximate surface area is 193 Å². The fourth-order valence-electron chi connectivity index (χ4n) is 4.92. The number of esters is 1. The lowest BCUT2D eigenvalue weighted by Gasteiger charge is -2.39. The highest BCUT2D eigenvalue weighted by Crippen LogP contribution is 2.47.